The van der Waals surface area contributed by atoms with Gasteiger partial charge in [-0.05, 0) is 29.8 Å². The molecule has 2 rings (SSSR count). The molecule has 0 saturated carbocycles. The number of nitrogens with one attached hydrogen (secondary N) is 2. The van der Waals surface area contributed by atoms with E-state index in [1.807, 2.05) is 0 Å². The van der Waals surface area contributed by atoms with Gasteiger partial charge in [-0.25, -0.2) is 4.68 Å². The van der Waals surface area contributed by atoms with E-state index in [0.29, 0.717) is 0 Å². The van der Waals surface area contributed by atoms with Gasteiger partial charge < -0.3 is 10.6 Å². The highest BCUT2D eigenvalue weighted by atomic mass is 32.2. The SMILES string of the molecule is CCNCCn1nnnc1SC1CCCCNC1=O. The topological polar surface area (TPSA) is 84.7 Å². The van der Waals surface area contributed by atoms with Crippen LogP contribution in [0.1, 0.15) is 26.2 Å². The fourth-order valence-electron chi connectivity index (χ4n) is 1.93. The standard InChI is InChI=1S/C11H20N6OS/c1-2-12-7-8-17-11(14-15-16-17)19-9-5-3-4-6-13-10(9)18/h9,12H,2-8H2,1H3,(H,13,18). The Morgan fingerprint density at radius 1 is 1.53 bits per heavy atom. The first kappa shape index (κ1) is 14.3. The van der Waals surface area contributed by atoms with Gasteiger partial charge in [-0.15, -0.1) is 5.10 Å². The van der Waals surface area contributed by atoms with E-state index in [4.69, 9.17) is 0 Å². The quantitative estimate of drug-likeness (QED) is 0.718. The van der Waals surface area contributed by atoms with Crippen molar-refractivity contribution in [3.63, 3.8) is 0 Å². The number of likely N-dealkylation sites (N-methyl/N-ethyl adjacent to an activating group) is 1. The number of carbonyl (C=O) groups is 1. The van der Waals surface area contributed by atoms with E-state index in [9.17, 15) is 4.79 Å². The van der Waals surface area contributed by atoms with Crippen LogP contribution in [0.3, 0.4) is 0 Å². The lowest BCUT2D eigenvalue weighted by atomic mass is 10.2. The van der Waals surface area contributed by atoms with Gasteiger partial charge in [-0.3, -0.25) is 4.79 Å². The van der Waals surface area contributed by atoms with Crippen LogP contribution >= 0.6 is 11.8 Å². The number of thioether (sulfide) groups is 1. The third-order valence-electron chi connectivity index (χ3n) is 2.98. The Morgan fingerprint density at radius 3 is 3.26 bits per heavy atom. The summed E-state index contributed by atoms with van der Waals surface area (Å²) in [7, 11) is 0. The summed E-state index contributed by atoms with van der Waals surface area (Å²) in [5.41, 5.74) is 0. The molecule has 1 atom stereocenters. The van der Waals surface area contributed by atoms with E-state index in [2.05, 4.69) is 33.1 Å². The van der Waals surface area contributed by atoms with Crippen molar-refractivity contribution in [3.8, 4) is 0 Å². The Morgan fingerprint density at radius 2 is 2.42 bits per heavy atom. The summed E-state index contributed by atoms with van der Waals surface area (Å²) in [5.74, 6) is 0.101. The average Bonchev–Trinajstić information content (AvgIpc) is 2.74. The maximum absolute atomic E-state index is 11.9. The molecular formula is C11H20N6OS. The second-order valence-electron chi connectivity index (χ2n) is 4.43. The molecule has 1 aliphatic heterocycles. The summed E-state index contributed by atoms with van der Waals surface area (Å²) >= 11 is 1.46. The second kappa shape index (κ2) is 7.44. The van der Waals surface area contributed by atoms with E-state index in [1.165, 1.54) is 11.8 Å². The third kappa shape index (κ3) is 4.17. The number of nitrogens with zero attached hydrogens (tertiary/aromatic N) is 4. The highest BCUT2D eigenvalue weighted by Gasteiger charge is 2.24. The zero-order valence-corrected chi connectivity index (χ0v) is 11.9. The highest BCUT2D eigenvalue weighted by Crippen LogP contribution is 2.25. The van der Waals surface area contributed by atoms with Crippen LogP contribution in [0.25, 0.3) is 0 Å². The smallest absolute Gasteiger partial charge is 0.233 e. The number of hydrogen-bond acceptors (Lipinski definition) is 6. The number of amides is 1. The van der Waals surface area contributed by atoms with E-state index in [1.54, 1.807) is 4.68 Å². The van der Waals surface area contributed by atoms with Crippen molar-refractivity contribution in [1.29, 1.82) is 0 Å². The zero-order valence-electron chi connectivity index (χ0n) is 11.1. The first-order valence-corrected chi connectivity index (χ1v) is 7.60. The molecule has 0 radical (unpaired) electrons. The lowest BCUT2D eigenvalue weighted by Crippen LogP contribution is -2.31. The minimum Gasteiger partial charge on any atom is -0.355 e. The van der Waals surface area contributed by atoms with Gasteiger partial charge in [0.25, 0.3) is 0 Å². The molecule has 1 aromatic rings. The van der Waals surface area contributed by atoms with E-state index >= 15 is 0 Å². The monoisotopic (exact) mass is 284 g/mol. The lowest BCUT2D eigenvalue weighted by molar-refractivity contribution is -0.120. The molecule has 1 saturated heterocycles. The number of tetrazole rings is 1. The van der Waals surface area contributed by atoms with Crippen molar-refractivity contribution in [2.75, 3.05) is 19.6 Å². The molecule has 1 amide bonds. The van der Waals surface area contributed by atoms with Crippen LogP contribution < -0.4 is 10.6 Å². The van der Waals surface area contributed by atoms with Gasteiger partial charge in [-0.1, -0.05) is 25.1 Å². The van der Waals surface area contributed by atoms with Gasteiger partial charge >= 0.3 is 0 Å². The molecule has 2 N–H and O–H groups in total. The van der Waals surface area contributed by atoms with Crippen LogP contribution in [0.15, 0.2) is 5.16 Å². The van der Waals surface area contributed by atoms with Gasteiger partial charge in [0.15, 0.2) is 0 Å². The summed E-state index contributed by atoms with van der Waals surface area (Å²) in [6, 6.07) is 0. The van der Waals surface area contributed by atoms with Gasteiger partial charge in [0.1, 0.15) is 0 Å². The predicted molar refractivity (Wildman–Crippen MR) is 72.9 cm³/mol. The van der Waals surface area contributed by atoms with Crippen LogP contribution in [-0.2, 0) is 11.3 Å². The second-order valence-corrected chi connectivity index (χ2v) is 5.60. The summed E-state index contributed by atoms with van der Waals surface area (Å²) in [6.45, 7) is 5.31. The average molecular weight is 284 g/mol. The molecule has 1 aromatic heterocycles. The number of carbonyl (C=O) groups excluding carboxylic acids is 1. The normalized spacial score (nSPS) is 20.1. The molecule has 8 heteroatoms. The fraction of sp³-hybridized carbons (Fsp3) is 0.818. The van der Waals surface area contributed by atoms with Crippen molar-refractivity contribution >= 4 is 17.7 Å². The molecule has 106 valence electrons. The zero-order chi connectivity index (χ0) is 13.5. The number of aromatic nitrogens is 4. The maximum Gasteiger partial charge on any atom is 0.233 e. The van der Waals surface area contributed by atoms with Crippen molar-refractivity contribution in [3.05, 3.63) is 0 Å². The van der Waals surface area contributed by atoms with Crippen molar-refractivity contribution in [2.45, 2.75) is 43.1 Å². The van der Waals surface area contributed by atoms with Crippen LogP contribution in [0.4, 0.5) is 0 Å². The molecule has 1 aliphatic rings. The first-order valence-electron chi connectivity index (χ1n) is 6.72. The van der Waals surface area contributed by atoms with Crippen LogP contribution in [0.2, 0.25) is 0 Å². The molecule has 7 nitrogen and oxygen atoms in total. The summed E-state index contributed by atoms with van der Waals surface area (Å²) < 4.78 is 1.76. The Labute approximate surface area is 116 Å². The molecule has 0 aromatic carbocycles. The number of rotatable bonds is 6. The number of hydrogen-bond donors (Lipinski definition) is 2. The Kier molecular flexibility index (Phi) is 5.59. The molecule has 0 spiro atoms. The van der Waals surface area contributed by atoms with E-state index < -0.39 is 0 Å². The maximum atomic E-state index is 11.9. The van der Waals surface area contributed by atoms with Gasteiger partial charge in [-0.2, -0.15) is 0 Å². The Bertz CT molecular complexity index is 410. The Balaban J connectivity index is 1.94. The minimum absolute atomic E-state index is 0.0774. The van der Waals surface area contributed by atoms with Crippen molar-refractivity contribution in [1.82, 2.24) is 30.8 Å². The minimum atomic E-state index is -0.0774. The van der Waals surface area contributed by atoms with Crippen LogP contribution in [-0.4, -0.2) is 51.0 Å². The van der Waals surface area contributed by atoms with Gasteiger partial charge in [0, 0.05) is 13.1 Å². The Hall–Kier alpha value is -1.15. The molecule has 0 aliphatic carbocycles. The van der Waals surface area contributed by atoms with Crippen LogP contribution in [0, 0.1) is 0 Å². The van der Waals surface area contributed by atoms with Gasteiger partial charge in [0.2, 0.25) is 11.1 Å². The summed E-state index contributed by atoms with van der Waals surface area (Å²) in [4.78, 5) is 11.9. The van der Waals surface area contributed by atoms with E-state index in [0.717, 1.165) is 50.6 Å². The van der Waals surface area contributed by atoms with Crippen LogP contribution in [0.5, 0.6) is 0 Å². The van der Waals surface area contributed by atoms with E-state index in [-0.39, 0.29) is 11.2 Å². The summed E-state index contributed by atoms with van der Waals surface area (Å²) in [6.07, 6.45) is 3.00. The highest BCUT2D eigenvalue weighted by molar-refractivity contribution is 8.00. The predicted octanol–water partition coefficient (Wildman–Crippen LogP) is 0.0434. The molecule has 0 bridgehead atoms. The van der Waals surface area contributed by atoms with Crippen molar-refractivity contribution < 1.29 is 4.79 Å². The largest absolute Gasteiger partial charge is 0.355 e. The molecular weight excluding hydrogens is 264 g/mol. The van der Waals surface area contributed by atoms with Crippen molar-refractivity contribution in [2.24, 2.45) is 0 Å². The lowest BCUT2D eigenvalue weighted by Gasteiger charge is -2.12. The first-order chi connectivity index (χ1) is 9.31. The molecule has 19 heavy (non-hydrogen) atoms. The molecule has 1 fully saturated rings. The van der Waals surface area contributed by atoms with Gasteiger partial charge in [0.05, 0.1) is 11.8 Å². The summed E-state index contributed by atoms with van der Waals surface area (Å²) in [5, 5.41) is 18.5. The fourth-order valence-corrected chi connectivity index (χ4v) is 3.00. The molecule has 2 heterocycles. The third-order valence-corrected chi connectivity index (χ3v) is 4.22. The molecule has 1 unspecified atom stereocenters.